The molecule has 1 aromatic carbocycles. The number of H-pyrrole nitrogens is 1. The van der Waals surface area contributed by atoms with Crippen LogP contribution in [0.25, 0.3) is 11.4 Å². The van der Waals surface area contributed by atoms with E-state index in [9.17, 15) is 4.79 Å². The first-order chi connectivity index (χ1) is 10.4. The fourth-order valence-corrected chi connectivity index (χ4v) is 3.12. The Balaban J connectivity index is 1.74. The van der Waals surface area contributed by atoms with E-state index in [1.165, 1.54) is 19.3 Å². The monoisotopic (exact) mass is 283 g/mol. The molecule has 4 heteroatoms. The summed E-state index contributed by atoms with van der Waals surface area (Å²) in [4.78, 5) is 20.8. The molecule has 1 amide bonds. The summed E-state index contributed by atoms with van der Waals surface area (Å²) in [5, 5.41) is 0. The van der Waals surface area contributed by atoms with Crippen LogP contribution in [-0.4, -0.2) is 27.3 Å². The fourth-order valence-electron chi connectivity index (χ4n) is 3.12. The molecule has 1 N–H and O–H groups in total. The van der Waals surface area contributed by atoms with Gasteiger partial charge in [-0.05, 0) is 24.5 Å². The number of imidazole rings is 1. The topological polar surface area (TPSA) is 49.0 Å². The zero-order chi connectivity index (χ0) is 14.5. The first kappa shape index (κ1) is 13.9. The minimum atomic E-state index is 0.406. The van der Waals surface area contributed by atoms with Crippen molar-refractivity contribution >= 4 is 6.41 Å². The Kier molecular flexibility index (Phi) is 4.34. The van der Waals surface area contributed by atoms with E-state index < -0.39 is 0 Å². The quantitative estimate of drug-likeness (QED) is 0.855. The van der Waals surface area contributed by atoms with Crippen LogP contribution in [0.1, 0.15) is 37.7 Å². The number of amides is 1. The Bertz CT molecular complexity index is 573. The molecule has 0 radical (unpaired) electrons. The van der Waals surface area contributed by atoms with Crippen LogP contribution >= 0.6 is 0 Å². The van der Waals surface area contributed by atoms with Crippen LogP contribution in [0.2, 0.25) is 0 Å². The van der Waals surface area contributed by atoms with Gasteiger partial charge in [-0.25, -0.2) is 4.98 Å². The van der Waals surface area contributed by atoms with Gasteiger partial charge in [0.2, 0.25) is 6.41 Å². The summed E-state index contributed by atoms with van der Waals surface area (Å²) < 4.78 is 0. The Morgan fingerprint density at radius 3 is 2.86 bits per heavy atom. The van der Waals surface area contributed by atoms with Crippen molar-refractivity contribution in [3.63, 3.8) is 0 Å². The number of aromatic nitrogens is 2. The van der Waals surface area contributed by atoms with Crippen molar-refractivity contribution in [1.82, 2.24) is 14.9 Å². The summed E-state index contributed by atoms with van der Waals surface area (Å²) in [6, 6.07) is 8.65. The molecule has 0 spiro atoms. The second-order valence-electron chi connectivity index (χ2n) is 5.71. The third-order valence-electron chi connectivity index (χ3n) is 4.24. The highest BCUT2D eigenvalue weighted by molar-refractivity contribution is 5.56. The lowest BCUT2D eigenvalue weighted by atomic mass is 9.94. The second kappa shape index (κ2) is 6.57. The number of nitrogens with zero attached hydrogens (tertiary/aromatic N) is 2. The van der Waals surface area contributed by atoms with E-state index in [-0.39, 0.29) is 0 Å². The molecule has 21 heavy (non-hydrogen) atoms. The van der Waals surface area contributed by atoms with Gasteiger partial charge < -0.3 is 9.88 Å². The van der Waals surface area contributed by atoms with Crippen LogP contribution in [0.3, 0.4) is 0 Å². The summed E-state index contributed by atoms with van der Waals surface area (Å²) in [7, 11) is 0. The van der Waals surface area contributed by atoms with E-state index >= 15 is 0 Å². The average Bonchev–Trinajstić information content (AvgIpc) is 3.08. The lowest BCUT2D eigenvalue weighted by Gasteiger charge is -2.31. The maximum Gasteiger partial charge on any atom is 0.210 e. The Labute approximate surface area is 125 Å². The molecule has 0 unspecified atom stereocenters. The van der Waals surface area contributed by atoms with Gasteiger partial charge >= 0.3 is 0 Å². The average molecular weight is 283 g/mol. The summed E-state index contributed by atoms with van der Waals surface area (Å²) >= 11 is 0. The van der Waals surface area contributed by atoms with Gasteiger partial charge in [0, 0.05) is 30.5 Å². The molecule has 1 fully saturated rings. The van der Waals surface area contributed by atoms with Gasteiger partial charge in [0.05, 0.1) is 0 Å². The predicted molar refractivity (Wildman–Crippen MR) is 82.5 cm³/mol. The molecule has 4 nitrogen and oxygen atoms in total. The van der Waals surface area contributed by atoms with Crippen molar-refractivity contribution in [1.29, 1.82) is 0 Å². The van der Waals surface area contributed by atoms with Gasteiger partial charge in [-0.3, -0.25) is 4.79 Å². The van der Waals surface area contributed by atoms with Crippen LogP contribution in [0.4, 0.5) is 0 Å². The highest BCUT2D eigenvalue weighted by Gasteiger charge is 2.19. The molecule has 1 heterocycles. The SMILES string of the molecule is O=CN(Cc1cccc(-c2ncc[nH]2)c1)C1CCCCC1. The van der Waals surface area contributed by atoms with Gasteiger partial charge in [-0.15, -0.1) is 0 Å². The maximum absolute atomic E-state index is 11.4. The van der Waals surface area contributed by atoms with Crippen LogP contribution in [0.15, 0.2) is 36.7 Å². The van der Waals surface area contributed by atoms with Crippen LogP contribution in [-0.2, 0) is 11.3 Å². The number of hydrogen-bond acceptors (Lipinski definition) is 2. The van der Waals surface area contributed by atoms with Crippen molar-refractivity contribution in [3.8, 4) is 11.4 Å². The minimum Gasteiger partial charge on any atom is -0.345 e. The first-order valence-corrected chi connectivity index (χ1v) is 7.66. The van der Waals surface area contributed by atoms with Gasteiger partial charge in [0.1, 0.15) is 5.82 Å². The van der Waals surface area contributed by atoms with Crippen molar-refractivity contribution < 1.29 is 4.79 Å². The number of nitrogens with one attached hydrogen (secondary N) is 1. The number of carbonyl (C=O) groups is 1. The summed E-state index contributed by atoms with van der Waals surface area (Å²) in [6.07, 6.45) is 10.6. The van der Waals surface area contributed by atoms with Gasteiger partial charge in [-0.2, -0.15) is 0 Å². The van der Waals surface area contributed by atoms with E-state index in [2.05, 4.69) is 22.1 Å². The molecular weight excluding hydrogens is 262 g/mol. The summed E-state index contributed by atoms with van der Waals surface area (Å²) in [5.41, 5.74) is 2.22. The number of rotatable bonds is 5. The maximum atomic E-state index is 11.4. The Morgan fingerprint density at radius 1 is 1.29 bits per heavy atom. The van der Waals surface area contributed by atoms with E-state index in [0.717, 1.165) is 36.2 Å². The molecule has 1 aromatic heterocycles. The van der Waals surface area contributed by atoms with E-state index in [1.807, 2.05) is 23.2 Å². The molecule has 0 aliphatic heterocycles. The first-order valence-electron chi connectivity index (χ1n) is 7.66. The van der Waals surface area contributed by atoms with E-state index in [1.54, 1.807) is 6.20 Å². The smallest absolute Gasteiger partial charge is 0.210 e. The molecule has 3 rings (SSSR count). The Hall–Kier alpha value is -2.10. The number of hydrogen-bond donors (Lipinski definition) is 1. The fraction of sp³-hybridized carbons (Fsp3) is 0.412. The molecule has 1 aliphatic rings. The zero-order valence-corrected chi connectivity index (χ0v) is 12.2. The second-order valence-corrected chi connectivity index (χ2v) is 5.71. The molecular formula is C17H21N3O. The number of aromatic amines is 1. The predicted octanol–water partition coefficient (Wildman–Crippen LogP) is 3.37. The van der Waals surface area contributed by atoms with Crippen LogP contribution < -0.4 is 0 Å². The minimum absolute atomic E-state index is 0.406. The Morgan fingerprint density at radius 2 is 2.14 bits per heavy atom. The summed E-state index contributed by atoms with van der Waals surface area (Å²) in [5.74, 6) is 0.868. The zero-order valence-electron chi connectivity index (χ0n) is 12.2. The molecule has 0 atom stereocenters. The van der Waals surface area contributed by atoms with Crippen molar-refractivity contribution in [3.05, 3.63) is 42.2 Å². The van der Waals surface area contributed by atoms with Crippen molar-refractivity contribution in [2.24, 2.45) is 0 Å². The van der Waals surface area contributed by atoms with Crippen LogP contribution in [0, 0.1) is 0 Å². The summed E-state index contributed by atoms with van der Waals surface area (Å²) in [6.45, 7) is 0.683. The number of carbonyl (C=O) groups excluding carboxylic acids is 1. The molecule has 0 saturated heterocycles. The normalized spacial score (nSPS) is 15.8. The molecule has 1 saturated carbocycles. The van der Waals surface area contributed by atoms with E-state index in [0.29, 0.717) is 12.6 Å². The lowest BCUT2D eigenvalue weighted by molar-refractivity contribution is -0.121. The number of benzene rings is 1. The van der Waals surface area contributed by atoms with Crippen molar-refractivity contribution in [2.45, 2.75) is 44.7 Å². The highest BCUT2D eigenvalue weighted by atomic mass is 16.1. The highest BCUT2D eigenvalue weighted by Crippen LogP contribution is 2.24. The van der Waals surface area contributed by atoms with Gasteiger partial charge in [-0.1, -0.05) is 37.5 Å². The molecule has 0 bridgehead atoms. The standard InChI is InChI=1S/C17H21N3O/c21-13-20(16-7-2-1-3-8-16)12-14-5-4-6-15(11-14)17-18-9-10-19-17/h4-6,9-11,13,16H,1-3,7-8,12H2,(H,18,19). The lowest BCUT2D eigenvalue weighted by Crippen LogP contribution is -2.35. The third kappa shape index (κ3) is 3.32. The molecule has 2 aromatic rings. The van der Waals surface area contributed by atoms with Gasteiger partial charge in [0.25, 0.3) is 0 Å². The van der Waals surface area contributed by atoms with Crippen LogP contribution in [0.5, 0.6) is 0 Å². The molecule has 110 valence electrons. The largest absolute Gasteiger partial charge is 0.345 e. The van der Waals surface area contributed by atoms with Crippen molar-refractivity contribution in [2.75, 3.05) is 0 Å². The van der Waals surface area contributed by atoms with E-state index in [4.69, 9.17) is 0 Å². The molecule has 1 aliphatic carbocycles. The third-order valence-corrected chi connectivity index (χ3v) is 4.24. The van der Waals surface area contributed by atoms with Gasteiger partial charge in [0.15, 0.2) is 0 Å².